The molecule has 0 fully saturated rings. The summed E-state index contributed by atoms with van der Waals surface area (Å²) in [5, 5.41) is -1.62. The fourth-order valence-electron chi connectivity index (χ4n) is 0.172. The third-order valence-electron chi connectivity index (χ3n) is 0.494. The van der Waals surface area contributed by atoms with Gasteiger partial charge < -0.3 is 0 Å². The van der Waals surface area contributed by atoms with Gasteiger partial charge in [0.1, 0.15) is 0 Å². The van der Waals surface area contributed by atoms with Crippen molar-refractivity contribution in [3.63, 3.8) is 0 Å². The van der Waals surface area contributed by atoms with Crippen LogP contribution in [-0.2, 0) is 16.8 Å². The Morgan fingerprint density at radius 1 is 1.18 bits per heavy atom. The van der Waals surface area contributed by atoms with Crippen LogP contribution in [0.1, 0.15) is 0 Å². The van der Waals surface area contributed by atoms with Gasteiger partial charge in [0.15, 0.2) is 0 Å². The molecule has 0 aromatic rings. The Labute approximate surface area is 66.9 Å². The second-order valence-electron chi connectivity index (χ2n) is 1.14. The molecule has 0 aromatic carbocycles. The average Bonchev–Trinajstić information content (AvgIpc) is 1.60. The molecule has 0 aromatic heterocycles. The third kappa shape index (κ3) is 4.09. The van der Waals surface area contributed by atoms with Crippen LogP contribution in [0.3, 0.4) is 0 Å². The summed E-state index contributed by atoms with van der Waals surface area (Å²) < 4.78 is 65.9. The Hall–Kier alpha value is -0.444. The minimum Gasteiger partial charge on any atom is -0.163 e. The summed E-state index contributed by atoms with van der Waals surface area (Å²) in [7, 11) is 0. The molecule has 0 amide bonds. The van der Waals surface area contributed by atoms with Crippen LogP contribution >= 0.6 is 0 Å². The largest absolute Gasteiger partial charge is 0.457 e. The molecule has 0 rings (SSSR count). The first kappa shape index (κ1) is 13.2. The minimum atomic E-state index is -5.46. The van der Waals surface area contributed by atoms with E-state index < -0.39 is 17.4 Å². The first-order chi connectivity index (χ1) is 4.39. The van der Waals surface area contributed by atoms with Crippen LogP contribution in [0.4, 0.5) is 26.6 Å². The van der Waals surface area contributed by atoms with Gasteiger partial charge >= 0.3 is 12.0 Å². The standard InChI is InChI=1S/C2F6N2.Co/c3-2(4,5)1(9-6)10(7)8;. The number of hydrogen-bond acceptors (Lipinski definition) is 1. The van der Waals surface area contributed by atoms with E-state index in [1.54, 1.807) is 0 Å². The van der Waals surface area contributed by atoms with E-state index in [0.29, 0.717) is 0 Å². The minimum absolute atomic E-state index is 0. The van der Waals surface area contributed by atoms with Crippen molar-refractivity contribution in [3.8, 4) is 0 Å². The van der Waals surface area contributed by atoms with Gasteiger partial charge in [0.05, 0.1) is 0 Å². The van der Waals surface area contributed by atoms with E-state index in [9.17, 15) is 26.6 Å². The molecule has 0 heterocycles. The van der Waals surface area contributed by atoms with Crippen LogP contribution in [0, 0.1) is 0 Å². The Kier molecular flexibility index (Phi) is 5.31. The summed E-state index contributed by atoms with van der Waals surface area (Å²) in [5.41, 5.74) is 0. The summed E-state index contributed by atoms with van der Waals surface area (Å²) >= 11 is 0. The Morgan fingerprint density at radius 3 is 1.55 bits per heavy atom. The average molecular weight is 225 g/mol. The van der Waals surface area contributed by atoms with Gasteiger partial charge in [-0.05, 0) is 5.34 Å². The van der Waals surface area contributed by atoms with Gasteiger partial charge in [-0.15, -0.1) is 0 Å². The van der Waals surface area contributed by atoms with E-state index in [0.717, 1.165) is 5.21 Å². The molecule has 0 saturated carbocycles. The van der Waals surface area contributed by atoms with Gasteiger partial charge in [-0.1, -0.05) is 18.7 Å². The summed E-state index contributed by atoms with van der Waals surface area (Å²) in [6.45, 7) is 0. The Bertz CT molecular complexity index is 140. The Balaban J connectivity index is 0. The molecule has 0 unspecified atom stereocenters. The van der Waals surface area contributed by atoms with Gasteiger partial charge in [0.2, 0.25) is 0 Å². The van der Waals surface area contributed by atoms with E-state index in [1.165, 1.54) is 0 Å². The zero-order valence-electron chi connectivity index (χ0n) is 4.50. The zero-order chi connectivity index (χ0) is 8.36. The van der Waals surface area contributed by atoms with E-state index in [-0.39, 0.29) is 16.8 Å². The Morgan fingerprint density at radius 2 is 1.55 bits per heavy atom. The van der Waals surface area contributed by atoms with Crippen molar-refractivity contribution < 1.29 is 43.4 Å². The molecule has 0 bridgehead atoms. The molecule has 0 aliphatic carbocycles. The molecule has 0 aliphatic rings. The number of halogens is 6. The van der Waals surface area contributed by atoms with Gasteiger partial charge in [-0.25, -0.2) is 0 Å². The fourth-order valence-corrected chi connectivity index (χ4v) is 0.172. The second-order valence-corrected chi connectivity index (χ2v) is 1.14. The van der Waals surface area contributed by atoms with Crippen molar-refractivity contribution in [2.45, 2.75) is 6.18 Å². The molecule has 0 atom stereocenters. The third-order valence-corrected chi connectivity index (χ3v) is 0.494. The molecule has 11 heavy (non-hydrogen) atoms. The smallest absolute Gasteiger partial charge is 0.163 e. The van der Waals surface area contributed by atoms with Crippen LogP contribution in [0.15, 0.2) is 5.21 Å². The molecule has 0 aliphatic heterocycles. The quantitative estimate of drug-likeness (QED) is 0.266. The molecule has 0 spiro atoms. The van der Waals surface area contributed by atoms with Crippen LogP contribution in [0.25, 0.3) is 0 Å². The zero-order valence-corrected chi connectivity index (χ0v) is 5.54. The van der Waals surface area contributed by atoms with Crippen molar-refractivity contribution in [2.75, 3.05) is 0 Å². The molecule has 2 nitrogen and oxygen atoms in total. The van der Waals surface area contributed by atoms with Crippen LogP contribution < -0.4 is 0 Å². The number of hydrogen-bond donors (Lipinski definition) is 0. The summed E-state index contributed by atoms with van der Waals surface area (Å²) in [4.78, 5) is 0. The van der Waals surface area contributed by atoms with Crippen molar-refractivity contribution in [3.05, 3.63) is 0 Å². The van der Waals surface area contributed by atoms with Crippen LogP contribution in [-0.4, -0.2) is 17.4 Å². The monoisotopic (exact) mass is 225 g/mol. The van der Waals surface area contributed by atoms with Crippen LogP contribution in [0.5, 0.6) is 0 Å². The maximum absolute atomic E-state index is 11.1. The number of nitrogens with zero attached hydrogens (tertiary/aromatic N) is 2. The van der Waals surface area contributed by atoms with Crippen molar-refractivity contribution in [1.29, 1.82) is 0 Å². The number of alkyl halides is 3. The summed E-state index contributed by atoms with van der Waals surface area (Å²) in [5.74, 6) is -2.87. The van der Waals surface area contributed by atoms with E-state index in [4.69, 9.17) is 0 Å². The molecule has 1 radical (unpaired) electrons. The maximum atomic E-state index is 11.1. The van der Waals surface area contributed by atoms with Gasteiger partial charge in [0.25, 0.3) is 0 Å². The SMILES string of the molecule is FN=C(N(F)F)C(F)(F)F.[Co]. The van der Waals surface area contributed by atoms with Gasteiger partial charge in [-0.3, -0.25) is 0 Å². The predicted octanol–water partition coefficient (Wildman–Crippen LogP) is 1.90. The molecule has 0 N–H and O–H groups in total. The van der Waals surface area contributed by atoms with Crippen molar-refractivity contribution in [2.24, 2.45) is 5.21 Å². The van der Waals surface area contributed by atoms with Crippen molar-refractivity contribution in [1.82, 2.24) is 5.34 Å². The topological polar surface area (TPSA) is 15.6 Å². The van der Waals surface area contributed by atoms with Gasteiger partial charge in [0, 0.05) is 16.8 Å². The summed E-state index contributed by atoms with van der Waals surface area (Å²) in [6, 6.07) is 0. The first-order valence-corrected chi connectivity index (χ1v) is 1.77. The normalized spacial score (nSPS) is 12.4. The predicted molar refractivity (Wildman–Crippen MR) is 18.7 cm³/mol. The van der Waals surface area contributed by atoms with Crippen LogP contribution in [0.2, 0.25) is 0 Å². The molecule has 0 saturated heterocycles. The van der Waals surface area contributed by atoms with E-state index >= 15 is 0 Å². The van der Waals surface area contributed by atoms with Gasteiger partial charge in [-0.2, -0.15) is 13.2 Å². The molecular weight excluding hydrogens is 225 g/mol. The first-order valence-electron chi connectivity index (χ1n) is 1.77. The number of rotatable bonds is 0. The summed E-state index contributed by atoms with van der Waals surface area (Å²) in [6.07, 6.45) is -5.46. The molecule has 69 valence electrons. The second kappa shape index (κ2) is 4.44. The maximum Gasteiger partial charge on any atom is 0.457 e. The molecule has 9 heteroatoms. The van der Waals surface area contributed by atoms with Crippen molar-refractivity contribution >= 4 is 5.84 Å². The van der Waals surface area contributed by atoms with E-state index in [1.807, 2.05) is 0 Å². The van der Waals surface area contributed by atoms with E-state index in [2.05, 4.69) is 0 Å². The fraction of sp³-hybridized carbons (Fsp3) is 0.500. The molecular formula is C2CoF6N2. The number of amidine groups is 1.